The lowest BCUT2D eigenvalue weighted by Gasteiger charge is -2.07. The number of hydrogen-bond acceptors (Lipinski definition) is 5. The van der Waals surface area contributed by atoms with Gasteiger partial charge in [0.15, 0.2) is 0 Å². The van der Waals surface area contributed by atoms with Gasteiger partial charge in [0.25, 0.3) is 5.91 Å². The minimum atomic E-state index is -0.373. The summed E-state index contributed by atoms with van der Waals surface area (Å²) in [5.41, 5.74) is 2.38. The van der Waals surface area contributed by atoms with E-state index in [1.165, 1.54) is 22.7 Å². The van der Waals surface area contributed by atoms with Crippen molar-refractivity contribution in [2.45, 2.75) is 34.1 Å². The lowest BCUT2D eigenvalue weighted by atomic mass is 10.1. The molecule has 0 fully saturated rings. The van der Waals surface area contributed by atoms with Gasteiger partial charge in [-0.05, 0) is 49.8 Å². The second kappa shape index (κ2) is 7.07. The molecular weight excluding hydrogens is 318 g/mol. The number of nitrogens with one attached hydrogen (secondary N) is 1. The van der Waals surface area contributed by atoms with Gasteiger partial charge in [-0.3, -0.25) is 4.79 Å². The zero-order valence-corrected chi connectivity index (χ0v) is 14.7. The molecule has 6 heteroatoms. The number of hydrogen-bond donors (Lipinski definition) is 1. The van der Waals surface area contributed by atoms with E-state index < -0.39 is 0 Å². The quantitative estimate of drug-likeness (QED) is 0.822. The Kier molecular flexibility index (Phi) is 5.37. The van der Waals surface area contributed by atoms with Crippen LogP contribution >= 0.6 is 22.7 Å². The molecule has 1 N–H and O–H groups in total. The summed E-state index contributed by atoms with van der Waals surface area (Å²) >= 11 is 2.82. The number of aryl methyl sites for hydroxylation is 2. The molecule has 0 spiro atoms. The Hall–Kier alpha value is -1.66. The topological polar surface area (TPSA) is 55.4 Å². The minimum absolute atomic E-state index is 0.179. The lowest BCUT2D eigenvalue weighted by Crippen LogP contribution is -2.15. The van der Waals surface area contributed by atoms with Gasteiger partial charge in [-0.2, -0.15) is 0 Å². The van der Waals surface area contributed by atoms with Crippen LogP contribution in [0.1, 0.15) is 49.9 Å². The van der Waals surface area contributed by atoms with Crippen molar-refractivity contribution in [3.63, 3.8) is 0 Å². The van der Waals surface area contributed by atoms with Crippen molar-refractivity contribution in [2.75, 3.05) is 11.9 Å². The van der Waals surface area contributed by atoms with Crippen molar-refractivity contribution in [2.24, 2.45) is 0 Å². The van der Waals surface area contributed by atoms with Crippen molar-refractivity contribution >= 4 is 39.6 Å². The number of amides is 1. The van der Waals surface area contributed by atoms with Gasteiger partial charge in [-0.1, -0.05) is 6.92 Å². The van der Waals surface area contributed by atoms with Crippen molar-refractivity contribution in [1.82, 2.24) is 0 Å². The van der Waals surface area contributed by atoms with E-state index in [4.69, 9.17) is 4.74 Å². The first kappa shape index (κ1) is 16.7. The zero-order valence-electron chi connectivity index (χ0n) is 13.1. The van der Waals surface area contributed by atoms with E-state index in [1.807, 2.05) is 32.2 Å². The van der Waals surface area contributed by atoms with Crippen LogP contribution in [0.3, 0.4) is 0 Å². The third-order valence-corrected chi connectivity index (χ3v) is 5.42. The average molecular weight is 337 g/mol. The smallest absolute Gasteiger partial charge is 0.341 e. The van der Waals surface area contributed by atoms with E-state index in [9.17, 15) is 9.59 Å². The lowest BCUT2D eigenvalue weighted by molar-refractivity contribution is 0.0527. The molecule has 0 bridgehead atoms. The molecule has 118 valence electrons. The van der Waals surface area contributed by atoms with Crippen molar-refractivity contribution in [1.29, 1.82) is 0 Å². The molecule has 1 amide bonds. The Morgan fingerprint density at radius 2 is 2.00 bits per heavy atom. The van der Waals surface area contributed by atoms with Gasteiger partial charge in [0.05, 0.1) is 17.0 Å². The Morgan fingerprint density at radius 1 is 1.27 bits per heavy atom. The highest BCUT2D eigenvalue weighted by Gasteiger charge is 2.24. The van der Waals surface area contributed by atoms with E-state index in [0.29, 0.717) is 22.0 Å². The van der Waals surface area contributed by atoms with Crippen LogP contribution in [-0.2, 0) is 11.2 Å². The van der Waals surface area contributed by atoms with Crippen LogP contribution in [0.2, 0.25) is 0 Å². The van der Waals surface area contributed by atoms with Gasteiger partial charge in [0.1, 0.15) is 5.00 Å². The Bertz CT molecular complexity index is 700. The number of thiophene rings is 2. The summed E-state index contributed by atoms with van der Waals surface area (Å²) in [6.07, 6.45) is 0.727. The second-order valence-electron chi connectivity index (χ2n) is 4.80. The highest BCUT2D eigenvalue weighted by Crippen LogP contribution is 2.34. The standard InChI is InChI=1S/C16H19NO3S2/c1-5-11-10(4)22-15(12(11)16(19)20-6-2)17-14(18)13-9(3)7-8-21-13/h7-8H,5-6H2,1-4H3,(H,17,18). The van der Waals surface area contributed by atoms with Gasteiger partial charge >= 0.3 is 5.97 Å². The molecule has 0 unspecified atom stereocenters. The number of carbonyl (C=O) groups excluding carboxylic acids is 2. The van der Waals surface area contributed by atoms with E-state index in [-0.39, 0.29) is 11.9 Å². The van der Waals surface area contributed by atoms with Gasteiger partial charge < -0.3 is 10.1 Å². The molecule has 0 aliphatic carbocycles. The summed E-state index contributed by atoms with van der Waals surface area (Å²) in [5.74, 6) is -0.552. The first-order valence-corrected chi connectivity index (χ1v) is 8.84. The molecule has 2 aromatic rings. The first-order chi connectivity index (χ1) is 10.5. The number of esters is 1. The van der Waals surface area contributed by atoms with E-state index in [0.717, 1.165) is 22.4 Å². The summed E-state index contributed by atoms with van der Waals surface area (Å²) in [5, 5.41) is 5.34. The molecular formula is C16H19NO3S2. The van der Waals surface area contributed by atoms with E-state index in [2.05, 4.69) is 5.32 Å². The van der Waals surface area contributed by atoms with Crippen LogP contribution in [0, 0.1) is 13.8 Å². The van der Waals surface area contributed by atoms with E-state index >= 15 is 0 Å². The molecule has 0 atom stereocenters. The third-order valence-electron chi connectivity index (χ3n) is 3.34. The molecule has 0 aliphatic rings. The van der Waals surface area contributed by atoms with E-state index in [1.54, 1.807) is 6.92 Å². The third kappa shape index (κ3) is 3.23. The number of anilines is 1. The molecule has 0 radical (unpaired) electrons. The van der Waals surface area contributed by atoms with Crippen molar-refractivity contribution in [3.05, 3.63) is 37.9 Å². The van der Waals surface area contributed by atoms with Crippen LogP contribution < -0.4 is 5.32 Å². The summed E-state index contributed by atoms with van der Waals surface area (Å²) in [6.45, 7) is 7.93. The molecule has 2 aromatic heterocycles. The second-order valence-corrected chi connectivity index (χ2v) is 6.94. The maximum absolute atomic E-state index is 12.4. The largest absolute Gasteiger partial charge is 0.462 e. The average Bonchev–Trinajstić information content (AvgIpc) is 3.02. The predicted molar refractivity (Wildman–Crippen MR) is 91.4 cm³/mol. The minimum Gasteiger partial charge on any atom is -0.462 e. The van der Waals surface area contributed by atoms with Crippen molar-refractivity contribution in [3.8, 4) is 0 Å². The molecule has 0 saturated heterocycles. The summed E-state index contributed by atoms with van der Waals surface area (Å²) in [7, 11) is 0. The fourth-order valence-electron chi connectivity index (χ4n) is 2.28. The van der Waals surface area contributed by atoms with Crippen LogP contribution in [0.25, 0.3) is 0 Å². The molecule has 0 aliphatic heterocycles. The molecule has 0 aromatic carbocycles. The van der Waals surface area contributed by atoms with Crippen LogP contribution in [0.5, 0.6) is 0 Å². The van der Waals surface area contributed by atoms with Crippen LogP contribution in [-0.4, -0.2) is 18.5 Å². The summed E-state index contributed by atoms with van der Waals surface area (Å²) < 4.78 is 5.14. The van der Waals surface area contributed by atoms with Gasteiger partial charge in [0.2, 0.25) is 0 Å². The number of carbonyl (C=O) groups is 2. The Morgan fingerprint density at radius 3 is 2.55 bits per heavy atom. The number of rotatable bonds is 5. The van der Waals surface area contributed by atoms with Crippen molar-refractivity contribution < 1.29 is 14.3 Å². The Balaban J connectivity index is 2.36. The monoisotopic (exact) mass is 337 g/mol. The van der Waals surface area contributed by atoms with Gasteiger partial charge in [-0.25, -0.2) is 4.79 Å². The fraction of sp³-hybridized carbons (Fsp3) is 0.375. The highest BCUT2D eigenvalue weighted by atomic mass is 32.1. The maximum atomic E-state index is 12.4. The normalized spacial score (nSPS) is 10.5. The summed E-state index contributed by atoms with van der Waals surface area (Å²) in [4.78, 5) is 26.3. The zero-order chi connectivity index (χ0) is 16.3. The van der Waals surface area contributed by atoms with Gasteiger partial charge in [0, 0.05) is 4.88 Å². The fourth-order valence-corrected chi connectivity index (χ4v) is 4.23. The first-order valence-electron chi connectivity index (χ1n) is 7.14. The van der Waals surface area contributed by atoms with Crippen LogP contribution in [0.15, 0.2) is 11.4 Å². The van der Waals surface area contributed by atoms with Crippen LogP contribution in [0.4, 0.5) is 5.00 Å². The SMILES string of the molecule is CCOC(=O)c1c(NC(=O)c2sccc2C)sc(C)c1CC. The maximum Gasteiger partial charge on any atom is 0.341 e. The molecule has 2 rings (SSSR count). The summed E-state index contributed by atoms with van der Waals surface area (Å²) in [6, 6.07) is 1.91. The van der Waals surface area contributed by atoms with Gasteiger partial charge in [-0.15, -0.1) is 22.7 Å². The number of ether oxygens (including phenoxy) is 1. The molecule has 4 nitrogen and oxygen atoms in total. The molecule has 22 heavy (non-hydrogen) atoms. The predicted octanol–water partition coefficient (Wildman–Crippen LogP) is 4.42. The molecule has 2 heterocycles. The highest BCUT2D eigenvalue weighted by molar-refractivity contribution is 7.17. The molecule has 0 saturated carbocycles. The Labute approximate surface area is 138 Å².